The van der Waals surface area contributed by atoms with E-state index in [9.17, 15) is 14.4 Å². The average Bonchev–Trinajstić information content (AvgIpc) is 0.808. The second kappa shape index (κ2) is 34.0. The van der Waals surface area contributed by atoms with Crippen LogP contribution in [-0.4, -0.2) is 62.4 Å². The van der Waals surface area contributed by atoms with E-state index < -0.39 is 5.79 Å². The van der Waals surface area contributed by atoms with Gasteiger partial charge in [-0.2, -0.15) is 0 Å². The first-order valence-electron chi connectivity index (χ1n) is 29.5. The highest BCUT2D eigenvalue weighted by atomic mass is 79.9. The second-order valence-electron chi connectivity index (χ2n) is 21.7. The lowest BCUT2D eigenvalue weighted by molar-refractivity contribution is -0.226. The molecule has 0 amide bonds. The molecule has 1 spiro atoms. The largest absolute Gasteiger partial charge is 0.496 e. The van der Waals surface area contributed by atoms with Crippen molar-refractivity contribution in [2.75, 3.05) is 35.5 Å². The number of benzene rings is 7. The van der Waals surface area contributed by atoms with Crippen LogP contribution in [0.15, 0.2) is 181 Å². The van der Waals surface area contributed by atoms with Crippen LogP contribution in [0.4, 0.5) is 0 Å². The van der Waals surface area contributed by atoms with Gasteiger partial charge in [0.25, 0.3) is 5.79 Å². The summed E-state index contributed by atoms with van der Waals surface area (Å²) in [5.74, 6) is 7.15. The van der Waals surface area contributed by atoms with Crippen LogP contribution < -0.4 is 33.2 Å². The van der Waals surface area contributed by atoms with Crippen LogP contribution in [0.2, 0.25) is 0 Å². The third-order valence-electron chi connectivity index (χ3n) is 16.6. The number of rotatable bonds is 12. The minimum absolute atomic E-state index is 0. The number of carbonyl (C=O) groups is 3. The molecule has 4 atom stereocenters. The number of aldehydes is 1. The van der Waals surface area contributed by atoms with Crippen molar-refractivity contribution in [1.29, 1.82) is 0 Å². The van der Waals surface area contributed by atoms with Crippen molar-refractivity contribution in [3.05, 3.63) is 220 Å². The molecule has 14 heteroatoms. The summed E-state index contributed by atoms with van der Waals surface area (Å²) in [5, 5.41) is 0. The van der Waals surface area contributed by atoms with Crippen molar-refractivity contribution >= 4 is 80.5 Å². The number of Topliss-reactive ketones (excluding diaryl/α,β-unsaturated/α-hetero) is 2. The summed E-state index contributed by atoms with van der Waals surface area (Å²) >= 11 is 9.31. The zero-order valence-corrected chi connectivity index (χ0v) is 54.5. The predicted molar refractivity (Wildman–Crippen MR) is 365 cm³/mol. The van der Waals surface area contributed by atoms with Gasteiger partial charge >= 0.3 is 3.18 Å². The van der Waals surface area contributed by atoms with Crippen LogP contribution in [0.3, 0.4) is 0 Å². The number of ketones is 2. The molecule has 3 aliphatic carbocycles. The van der Waals surface area contributed by atoms with E-state index in [2.05, 4.69) is 108 Å². The first-order chi connectivity index (χ1) is 41.9. The van der Waals surface area contributed by atoms with E-state index in [1.165, 1.54) is 30.4 Å². The Bertz CT molecular complexity index is 3250. The molecule has 2 unspecified atom stereocenters. The SMILES string of the molecule is BrB(Br)Br.C.COc1ccccc1/C=C1\CCC/C(=C\c2ccccc2OC)C1=O.COc1ccccc1C=O.COc1ccccc1CC1CCCC(Cc2ccccc2OC)C1=O.[HH].c1ccc2c(c1)C[C@H]1CCC[C@@H]3Cc4ccccc4OC13O2. The maximum Gasteiger partial charge on any atom is 0.369 e. The summed E-state index contributed by atoms with van der Waals surface area (Å²) in [6.45, 7) is 0. The van der Waals surface area contributed by atoms with Crippen molar-refractivity contribution < 1.29 is 49.0 Å². The van der Waals surface area contributed by atoms with Crippen molar-refractivity contribution in [1.82, 2.24) is 0 Å². The van der Waals surface area contributed by atoms with Crippen molar-refractivity contribution in [3.63, 3.8) is 0 Å². The fourth-order valence-corrected chi connectivity index (χ4v) is 12.4. The summed E-state index contributed by atoms with van der Waals surface area (Å²) < 4.78 is 40.0. The van der Waals surface area contributed by atoms with E-state index in [4.69, 9.17) is 33.2 Å². The molecule has 7 aromatic rings. The van der Waals surface area contributed by atoms with Gasteiger partial charge in [0.2, 0.25) is 0 Å². The first-order valence-corrected chi connectivity index (χ1v) is 32.2. The Balaban J connectivity index is 0.000000188. The number of halogens is 3. The molecule has 10 nitrogen and oxygen atoms in total. The molecule has 458 valence electrons. The molecule has 2 aliphatic heterocycles. The summed E-state index contributed by atoms with van der Waals surface area (Å²) in [4.78, 5) is 36.3. The van der Waals surface area contributed by atoms with E-state index in [0.717, 1.165) is 138 Å². The van der Waals surface area contributed by atoms with Gasteiger partial charge in [0.05, 0.1) is 41.1 Å². The maximum atomic E-state index is 13.1. The zero-order chi connectivity index (χ0) is 60.8. The lowest BCUT2D eigenvalue weighted by Crippen LogP contribution is -2.61. The van der Waals surface area contributed by atoms with Gasteiger partial charge < -0.3 is 33.2 Å². The van der Waals surface area contributed by atoms with Crippen molar-refractivity contribution in [2.45, 2.75) is 96.7 Å². The Hall–Kier alpha value is -6.87. The first kappa shape index (κ1) is 67.6. The quantitative estimate of drug-likeness (QED) is 0.0665. The van der Waals surface area contributed by atoms with Crippen LogP contribution in [0.5, 0.6) is 40.2 Å². The number of hydrogen-bond donors (Lipinski definition) is 0. The average molecular weight is 1370 g/mol. The van der Waals surface area contributed by atoms with Gasteiger partial charge in [0.15, 0.2) is 12.1 Å². The van der Waals surface area contributed by atoms with Gasteiger partial charge in [0, 0.05) is 47.4 Å². The molecule has 0 aromatic heterocycles. The molecule has 5 aliphatic rings. The van der Waals surface area contributed by atoms with Gasteiger partial charge in [-0.25, -0.2) is 0 Å². The summed E-state index contributed by atoms with van der Waals surface area (Å²) in [7, 11) is 8.21. The summed E-state index contributed by atoms with van der Waals surface area (Å²) in [5.41, 5.74) is 9.04. The molecular weight excluding hydrogens is 1290 g/mol. The van der Waals surface area contributed by atoms with Crippen molar-refractivity contribution in [3.8, 4) is 40.2 Å². The van der Waals surface area contributed by atoms with Crippen LogP contribution in [0.1, 0.15) is 110 Å². The molecule has 12 rings (SSSR count). The van der Waals surface area contributed by atoms with Crippen LogP contribution in [-0.2, 0) is 35.3 Å². The Kier molecular flexibility index (Phi) is 26.5. The van der Waals surface area contributed by atoms with E-state index >= 15 is 0 Å². The molecular formula is C73H82BBr3O10. The maximum absolute atomic E-state index is 13.1. The summed E-state index contributed by atoms with van der Waals surface area (Å²) in [6.07, 6.45) is 17.7. The Morgan fingerprint density at radius 2 is 0.828 bits per heavy atom. The normalized spacial score (nSPS) is 20.3. The smallest absolute Gasteiger partial charge is 0.369 e. The minimum Gasteiger partial charge on any atom is -0.496 e. The number of hydrogen-bond acceptors (Lipinski definition) is 10. The fourth-order valence-electron chi connectivity index (χ4n) is 12.4. The summed E-state index contributed by atoms with van der Waals surface area (Å²) in [6, 6.07) is 55.5. The topological polar surface area (TPSA) is 116 Å². The Labute approximate surface area is 541 Å². The van der Waals surface area contributed by atoms with E-state index in [0.29, 0.717) is 28.9 Å². The molecule has 3 fully saturated rings. The number of methoxy groups -OCH3 is 5. The number of para-hydroxylation sites is 7. The highest BCUT2D eigenvalue weighted by Gasteiger charge is 2.56. The van der Waals surface area contributed by atoms with Crippen LogP contribution >= 0.6 is 47.3 Å². The van der Waals surface area contributed by atoms with E-state index in [1.807, 2.05) is 103 Å². The highest BCUT2D eigenvalue weighted by molar-refractivity contribution is 9.69. The minimum atomic E-state index is -0.443. The molecule has 0 radical (unpaired) electrons. The highest BCUT2D eigenvalue weighted by Crippen LogP contribution is 2.53. The van der Waals surface area contributed by atoms with Crippen LogP contribution in [0, 0.1) is 23.7 Å². The molecule has 0 saturated heterocycles. The lowest BCUT2D eigenvalue weighted by Gasteiger charge is -2.53. The van der Waals surface area contributed by atoms with Gasteiger partial charge in [-0.3, -0.25) is 14.4 Å². The third-order valence-corrected chi connectivity index (χ3v) is 16.6. The monoisotopic (exact) mass is 1370 g/mol. The second-order valence-corrected chi connectivity index (χ2v) is 28.2. The molecule has 3 saturated carbocycles. The molecule has 0 N–H and O–H groups in total. The van der Waals surface area contributed by atoms with Gasteiger partial charge in [-0.15, -0.1) is 47.3 Å². The van der Waals surface area contributed by atoms with Crippen molar-refractivity contribution in [2.24, 2.45) is 23.7 Å². The van der Waals surface area contributed by atoms with E-state index in [1.54, 1.807) is 53.7 Å². The Morgan fingerprint density at radius 3 is 1.23 bits per heavy atom. The number of ether oxygens (including phenoxy) is 7. The molecule has 2 heterocycles. The standard InChI is InChI=1S/C22H26O3.C22H22O3.C20H20O2.C8H8O2.CH4.BBr3.H2/c2*1-24-20-12-5-3-8-16(20)14-18-10-7-11-19(22(18)23)15-17-9-4-6-13-21(17)25-2;1-3-10-18-14(6-1)12-16-8-5-9-17-13-15-7-2-4-11-19(15)22-20(16,17)21-18;1-10-8-5-3-2-4-7(8)6-9;;2-1(3)4;/h3-6,8-9,12-13,18-19H,7,10-11,14-15H2,1-2H3;3-6,8-9,12-15H,7,10-11H2,1-2H3;1-4,6-7,10-11,16-17H,5,8-9,12-13H2;2-6H,1H3;1H4;;1H/b;18-14+,19-15+;;;;;/t;;16-,17-,20?;;;;/m..1..../s1. The number of allylic oxidation sites excluding steroid dienone is 2. The third kappa shape index (κ3) is 17.9. The van der Waals surface area contributed by atoms with E-state index in [-0.39, 0.29) is 29.7 Å². The van der Waals surface area contributed by atoms with Gasteiger partial charge in [-0.05, 0) is 154 Å². The molecule has 87 heavy (non-hydrogen) atoms. The zero-order valence-electron chi connectivity index (χ0n) is 49.7. The predicted octanol–water partition coefficient (Wildman–Crippen LogP) is 18.3. The van der Waals surface area contributed by atoms with Crippen LogP contribution in [0.25, 0.3) is 12.2 Å². The Morgan fingerprint density at radius 1 is 0.483 bits per heavy atom. The molecule has 0 bridgehead atoms. The molecule has 7 aromatic carbocycles. The van der Waals surface area contributed by atoms with Gasteiger partial charge in [-0.1, -0.05) is 142 Å². The number of fused-ring (bicyclic) bond motifs is 2. The fraction of sp³-hybridized carbons (Fsp3) is 0.329. The van der Waals surface area contributed by atoms with Gasteiger partial charge in [0.1, 0.15) is 46.0 Å². The number of carbonyl (C=O) groups excluding carboxylic acids is 3. The lowest BCUT2D eigenvalue weighted by atomic mass is 9.68.